The van der Waals surface area contributed by atoms with Crippen LogP contribution in [0, 0.1) is 0 Å². The van der Waals surface area contributed by atoms with Gasteiger partial charge in [0, 0.05) is 12.2 Å². The predicted molar refractivity (Wildman–Crippen MR) is 67.3 cm³/mol. The summed E-state index contributed by atoms with van der Waals surface area (Å²) in [7, 11) is 0. The zero-order valence-corrected chi connectivity index (χ0v) is 10.3. The van der Waals surface area contributed by atoms with Crippen LogP contribution in [0.2, 0.25) is 0 Å². The highest BCUT2D eigenvalue weighted by Gasteiger charge is 2.09. The lowest BCUT2D eigenvalue weighted by molar-refractivity contribution is -0.131. The predicted octanol–water partition coefficient (Wildman–Crippen LogP) is 2.65. The first-order valence-corrected chi connectivity index (χ1v) is 5.45. The van der Waals surface area contributed by atoms with Crippen LogP contribution < -0.4 is 9.47 Å². The molecular formula is C14H14O4. The Bertz CT molecular complexity index is 441. The van der Waals surface area contributed by atoms with Gasteiger partial charge < -0.3 is 9.47 Å². The van der Waals surface area contributed by atoms with Gasteiger partial charge in [-0.2, -0.15) is 0 Å². The van der Waals surface area contributed by atoms with Crippen molar-refractivity contribution in [3.05, 3.63) is 48.6 Å². The van der Waals surface area contributed by atoms with Crippen molar-refractivity contribution < 1.29 is 19.1 Å². The van der Waals surface area contributed by atoms with E-state index in [0.29, 0.717) is 0 Å². The molecular weight excluding hydrogens is 232 g/mol. The second-order valence-electron chi connectivity index (χ2n) is 3.29. The van der Waals surface area contributed by atoms with Gasteiger partial charge in [-0.1, -0.05) is 24.3 Å². The quantitative estimate of drug-likeness (QED) is 0.465. The molecule has 0 radical (unpaired) electrons. The van der Waals surface area contributed by atoms with Gasteiger partial charge in [0.1, 0.15) is 0 Å². The number of para-hydroxylation sites is 2. The van der Waals surface area contributed by atoms with E-state index in [1.54, 1.807) is 50.3 Å². The molecule has 0 atom stereocenters. The fourth-order valence-electron chi connectivity index (χ4n) is 1.18. The lowest BCUT2D eigenvalue weighted by atomic mass is 10.3. The van der Waals surface area contributed by atoms with Crippen molar-refractivity contribution in [3.8, 4) is 11.5 Å². The molecule has 0 saturated heterocycles. The molecule has 1 aromatic carbocycles. The van der Waals surface area contributed by atoms with E-state index in [1.165, 1.54) is 12.2 Å². The third-order valence-electron chi connectivity index (χ3n) is 1.88. The lowest BCUT2D eigenvalue weighted by Crippen LogP contribution is -2.08. The number of benzene rings is 1. The Kier molecular flexibility index (Phi) is 5.38. The van der Waals surface area contributed by atoms with Crippen LogP contribution in [0.3, 0.4) is 0 Å². The third-order valence-corrected chi connectivity index (χ3v) is 1.88. The minimum Gasteiger partial charge on any atom is -0.419 e. The van der Waals surface area contributed by atoms with Gasteiger partial charge in [0.05, 0.1) is 0 Å². The van der Waals surface area contributed by atoms with Crippen LogP contribution in [-0.2, 0) is 9.59 Å². The summed E-state index contributed by atoms with van der Waals surface area (Å²) >= 11 is 0. The Morgan fingerprint density at radius 2 is 1.28 bits per heavy atom. The Labute approximate surface area is 106 Å². The monoisotopic (exact) mass is 246 g/mol. The largest absolute Gasteiger partial charge is 0.419 e. The average Bonchev–Trinajstić information content (AvgIpc) is 2.32. The molecule has 1 aromatic rings. The van der Waals surface area contributed by atoms with Crippen molar-refractivity contribution in [2.24, 2.45) is 0 Å². The Morgan fingerprint density at radius 3 is 1.61 bits per heavy atom. The number of ether oxygens (including phenoxy) is 2. The van der Waals surface area contributed by atoms with Crippen LogP contribution in [-0.4, -0.2) is 11.9 Å². The van der Waals surface area contributed by atoms with E-state index in [0.717, 1.165) is 0 Å². The minimum absolute atomic E-state index is 0.207. The molecule has 0 fully saturated rings. The minimum atomic E-state index is -0.521. The highest BCUT2D eigenvalue weighted by Crippen LogP contribution is 2.26. The number of carbonyl (C=O) groups excluding carboxylic acids is 2. The van der Waals surface area contributed by atoms with Gasteiger partial charge in [-0.25, -0.2) is 9.59 Å². The van der Waals surface area contributed by atoms with Crippen LogP contribution in [0.5, 0.6) is 11.5 Å². The summed E-state index contributed by atoms with van der Waals surface area (Å²) in [5, 5.41) is 0. The first-order valence-electron chi connectivity index (χ1n) is 5.45. The van der Waals surface area contributed by atoms with Crippen molar-refractivity contribution in [1.29, 1.82) is 0 Å². The van der Waals surface area contributed by atoms with E-state index < -0.39 is 11.9 Å². The second kappa shape index (κ2) is 7.06. The van der Waals surface area contributed by atoms with Crippen molar-refractivity contribution in [2.45, 2.75) is 13.8 Å². The zero-order valence-electron chi connectivity index (χ0n) is 10.3. The van der Waals surface area contributed by atoms with E-state index in [9.17, 15) is 9.59 Å². The molecule has 0 unspecified atom stereocenters. The lowest BCUT2D eigenvalue weighted by Gasteiger charge is -2.07. The number of rotatable bonds is 4. The van der Waals surface area contributed by atoms with Crippen molar-refractivity contribution in [2.75, 3.05) is 0 Å². The molecule has 0 aliphatic heterocycles. The first kappa shape index (κ1) is 13.7. The molecule has 4 heteroatoms. The fraction of sp³-hybridized carbons (Fsp3) is 0.143. The summed E-state index contributed by atoms with van der Waals surface area (Å²) < 4.78 is 10.1. The molecule has 0 aliphatic carbocycles. The maximum atomic E-state index is 11.3. The SMILES string of the molecule is C/C=C/C(=O)Oc1ccccc1OC(=O)/C=C/C. The van der Waals surface area contributed by atoms with Gasteiger partial charge in [-0.05, 0) is 26.0 Å². The highest BCUT2D eigenvalue weighted by molar-refractivity contribution is 5.86. The average molecular weight is 246 g/mol. The maximum absolute atomic E-state index is 11.3. The van der Waals surface area contributed by atoms with Crippen LogP contribution in [0.15, 0.2) is 48.6 Å². The van der Waals surface area contributed by atoms with Crippen LogP contribution in [0.1, 0.15) is 13.8 Å². The molecule has 4 nitrogen and oxygen atoms in total. The summed E-state index contributed by atoms with van der Waals surface area (Å²) in [6.45, 7) is 3.42. The van der Waals surface area contributed by atoms with Crippen molar-refractivity contribution in [1.82, 2.24) is 0 Å². The van der Waals surface area contributed by atoms with Gasteiger partial charge in [0.25, 0.3) is 0 Å². The fourth-order valence-corrected chi connectivity index (χ4v) is 1.18. The van der Waals surface area contributed by atoms with Gasteiger partial charge >= 0.3 is 11.9 Å². The van der Waals surface area contributed by atoms with Gasteiger partial charge in [-0.3, -0.25) is 0 Å². The summed E-state index contributed by atoms with van der Waals surface area (Å²) in [6, 6.07) is 6.48. The van der Waals surface area contributed by atoms with Crippen molar-refractivity contribution in [3.63, 3.8) is 0 Å². The molecule has 0 N–H and O–H groups in total. The second-order valence-corrected chi connectivity index (χ2v) is 3.29. The molecule has 94 valence electrons. The highest BCUT2D eigenvalue weighted by atomic mass is 16.6. The molecule has 0 heterocycles. The van der Waals surface area contributed by atoms with Gasteiger partial charge in [0.15, 0.2) is 11.5 Å². The van der Waals surface area contributed by atoms with E-state index in [2.05, 4.69) is 0 Å². The van der Waals surface area contributed by atoms with E-state index in [4.69, 9.17) is 9.47 Å². The topological polar surface area (TPSA) is 52.6 Å². The van der Waals surface area contributed by atoms with E-state index >= 15 is 0 Å². The Hall–Kier alpha value is -2.36. The van der Waals surface area contributed by atoms with E-state index in [-0.39, 0.29) is 11.5 Å². The molecule has 0 bridgehead atoms. The normalized spacial score (nSPS) is 10.8. The summed E-state index contributed by atoms with van der Waals surface area (Å²) in [5.41, 5.74) is 0. The molecule has 18 heavy (non-hydrogen) atoms. The Balaban J connectivity index is 2.85. The maximum Gasteiger partial charge on any atom is 0.335 e. The molecule has 0 aliphatic rings. The number of esters is 2. The molecule has 0 amide bonds. The Morgan fingerprint density at radius 1 is 0.889 bits per heavy atom. The zero-order chi connectivity index (χ0) is 13.4. The van der Waals surface area contributed by atoms with Gasteiger partial charge in [0.2, 0.25) is 0 Å². The number of carbonyl (C=O) groups is 2. The molecule has 1 rings (SSSR count). The van der Waals surface area contributed by atoms with Crippen LogP contribution >= 0.6 is 0 Å². The van der Waals surface area contributed by atoms with E-state index in [1.807, 2.05) is 0 Å². The summed E-state index contributed by atoms with van der Waals surface area (Å²) in [6.07, 6.45) is 5.70. The molecule has 0 spiro atoms. The first-order chi connectivity index (χ1) is 8.67. The van der Waals surface area contributed by atoms with Crippen LogP contribution in [0.25, 0.3) is 0 Å². The third kappa shape index (κ3) is 4.25. The van der Waals surface area contributed by atoms with Crippen LogP contribution in [0.4, 0.5) is 0 Å². The molecule has 0 saturated carbocycles. The number of allylic oxidation sites excluding steroid dienone is 2. The standard InChI is InChI=1S/C14H14O4/c1-3-7-13(15)17-11-9-5-6-10-12(11)18-14(16)8-4-2/h3-10H,1-2H3/b7-3+,8-4+. The number of hydrogen-bond acceptors (Lipinski definition) is 4. The van der Waals surface area contributed by atoms with Crippen molar-refractivity contribution >= 4 is 11.9 Å². The molecule has 0 aromatic heterocycles. The summed E-state index contributed by atoms with van der Waals surface area (Å²) in [4.78, 5) is 22.6. The van der Waals surface area contributed by atoms with Gasteiger partial charge in [-0.15, -0.1) is 0 Å². The summed E-state index contributed by atoms with van der Waals surface area (Å²) in [5.74, 6) is -0.629. The smallest absolute Gasteiger partial charge is 0.335 e. The number of hydrogen-bond donors (Lipinski definition) is 0.